The molecule has 4 rings (SSSR count). The van der Waals surface area contributed by atoms with Gasteiger partial charge in [-0.2, -0.15) is 4.31 Å². The molecule has 1 aromatic heterocycles. The van der Waals surface area contributed by atoms with Gasteiger partial charge in [0.2, 0.25) is 10.0 Å². The summed E-state index contributed by atoms with van der Waals surface area (Å²) in [4.78, 5) is 18.2. The van der Waals surface area contributed by atoms with Crippen molar-refractivity contribution in [3.8, 4) is 0 Å². The van der Waals surface area contributed by atoms with Gasteiger partial charge >= 0.3 is 0 Å². The van der Waals surface area contributed by atoms with Gasteiger partial charge in [0, 0.05) is 27.9 Å². The predicted molar refractivity (Wildman–Crippen MR) is 117 cm³/mol. The minimum absolute atomic E-state index is 0.245. The van der Waals surface area contributed by atoms with E-state index in [9.17, 15) is 13.2 Å². The van der Waals surface area contributed by atoms with Crippen LogP contribution in [0.3, 0.4) is 0 Å². The van der Waals surface area contributed by atoms with E-state index in [4.69, 9.17) is 0 Å². The molecule has 1 aliphatic rings. The van der Waals surface area contributed by atoms with Gasteiger partial charge in [-0.15, -0.1) is 11.3 Å². The maximum Gasteiger partial charge on any atom is 0.257 e. The molecule has 0 unspecified atom stereocenters. The SMILES string of the molecule is Cc1ccc(C(=O)Nc2nc3c(s2)CN(S(=O)(=O)c2ccccc2)CC3)cc1Br. The molecule has 2 aromatic carbocycles. The van der Waals surface area contributed by atoms with Crippen LogP contribution in [0.15, 0.2) is 57.9 Å². The van der Waals surface area contributed by atoms with E-state index in [0.717, 1.165) is 20.6 Å². The summed E-state index contributed by atoms with van der Waals surface area (Å²) in [5.41, 5.74) is 2.42. The summed E-state index contributed by atoms with van der Waals surface area (Å²) in [6, 6.07) is 13.8. The molecule has 150 valence electrons. The Morgan fingerprint density at radius 1 is 1.21 bits per heavy atom. The van der Waals surface area contributed by atoms with Crippen molar-refractivity contribution in [1.29, 1.82) is 0 Å². The molecule has 0 atom stereocenters. The van der Waals surface area contributed by atoms with Crippen molar-refractivity contribution in [3.05, 3.63) is 74.7 Å². The lowest BCUT2D eigenvalue weighted by Crippen LogP contribution is -2.35. The van der Waals surface area contributed by atoms with Crippen molar-refractivity contribution in [2.75, 3.05) is 11.9 Å². The number of hydrogen-bond donors (Lipinski definition) is 1. The van der Waals surface area contributed by atoms with Gasteiger partial charge in [-0.25, -0.2) is 13.4 Å². The second-order valence-electron chi connectivity index (χ2n) is 6.71. The Balaban J connectivity index is 1.51. The molecule has 2 heterocycles. The lowest BCUT2D eigenvalue weighted by molar-refractivity contribution is 0.102. The number of fused-ring (bicyclic) bond motifs is 1. The number of nitrogens with one attached hydrogen (secondary N) is 1. The zero-order valence-corrected chi connectivity index (χ0v) is 18.8. The summed E-state index contributed by atoms with van der Waals surface area (Å²) in [7, 11) is -3.55. The number of halogens is 1. The average Bonchev–Trinajstić information content (AvgIpc) is 3.12. The van der Waals surface area contributed by atoms with Crippen molar-refractivity contribution in [1.82, 2.24) is 9.29 Å². The van der Waals surface area contributed by atoms with Gasteiger partial charge in [0.05, 0.1) is 17.1 Å². The van der Waals surface area contributed by atoms with Gasteiger partial charge in [-0.1, -0.05) is 40.2 Å². The molecule has 9 heteroatoms. The molecule has 29 heavy (non-hydrogen) atoms. The van der Waals surface area contributed by atoms with Gasteiger partial charge in [-0.05, 0) is 36.8 Å². The zero-order valence-electron chi connectivity index (χ0n) is 15.6. The second kappa shape index (κ2) is 7.98. The third-order valence-electron chi connectivity index (χ3n) is 4.73. The van der Waals surface area contributed by atoms with Gasteiger partial charge in [0.1, 0.15) is 0 Å². The normalized spacial score (nSPS) is 14.4. The molecule has 6 nitrogen and oxygen atoms in total. The fourth-order valence-electron chi connectivity index (χ4n) is 3.08. The largest absolute Gasteiger partial charge is 0.298 e. The summed E-state index contributed by atoms with van der Waals surface area (Å²) in [5.74, 6) is -0.245. The highest BCUT2D eigenvalue weighted by atomic mass is 79.9. The predicted octanol–water partition coefficient (Wildman–Crippen LogP) is 4.21. The van der Waals surface area contributed by atoms with E-state index in [1.165, 1.54) is 15.6 Å². The molecular weight excluding hydrogens is 474 g/mol. The van der Waals surface area contributed by atoms with Crippen LogP contribution in [-0.2, 0) is 23.0 Å². The first-order valence-corrected chi connectivity index (χ1v) is 12.0. The molecule has 0 spiro atoms. The molecule has 0 radical (unpaired) electrons. The van der Waals surface area contributed by atoms with Crippen molar-refractivity contribution in [3.63, 3.8) is 0 Å². The van der Waals surface area contributed by atoms with E-state index in [2.05, 4.69) is 26.2 Å². The molecule has 3 aromatic rings. The smallest absolute Gasteiger partial charge is 0.257 e. The van der Waals surface area contributed by atoms with Crippen LogP contribution in [0.2, 0.25) is 0 Å². The van der Waals surface area contributed by atoms with E-state index in [1.54, 1.807) is 42.5 Å². The van der Waals surface area contributed by atoms with E-state index < -0.39 is 10.0 Å². The number of nitrogens with zero attached hydrogens (tertiary/aromatic N) is 2. The number of hydrogen-bond acceptors (Lipinski definition) is 5. The van der Waals surface area contributed by atoms with Crippen LogP contribution in [0.1, 0.15) is 26.5 Å². The average molecular weight is 492 g/mol. The summed E-state index contributed by atoms with van der Waals surface area (Å²) in [6.45, 7) is 2.58. The van der Waals surface area contributed by atoms with Crippen molar-refractivity contribution in [2.24, 2.45) is 0 Å². The minimum atomic E-state index is -3.55. The summed E-state index contributed by atoms with van der Waals surface area (Å²) < 4.78 is 28.1. The van der Waals surface area contributed by atoms with Crippen LogP contribution >= 0.6 is 27.3 Å². The van der Waals surface area contributed by atoms with Crippen LogP contribution < -0.4 is 5.32 Å². The summed E-state index contributed by atoms with van der Waals surface area (Å²) >= 11 is 4.75. The van der Waals surface area contributed by atoms with Gasteiger partial charge in [-0.3, -0.25) is 10.1 Å². The van der Waals surface area contributed by atoms with E-state index in [-0.39, 0.29) is 17.3 Å². The Bertz CT molecular complexity index is 1180. The molecule has 0 fully saturated rings. The zero-order chi connectivity index (χ0) is 20.6. The highest BCUT2D eigenvalue weighted by Crippen LogP contribution is 2.31. The van der Waals surface area contributed by atoms with Crippen LogP contribution in [0.5, 0.6) is 0 Å². The number of benzene rings is 2. The number of amides is 1. The lowest BCUT2D eigenvalue weighted by atomic mass is 10.1. The van der Waals surface area contributed by atoms with Crippen LogP contribution in [0.25, 0.3) is 0 Å². The summed E-state index contributed by atoms with van der Waals surface area (Å²) in [6.07, 6.45) is 0.518. The third-order valence-corrected chi connectivity index (χ3v) is 8.44. The molecule has 1 N–H and O–H groups in total. The first-order valence-electron chi connectivity index (χ1n) is 8.96. The van der Waals surface area contributed by atoms with Gasteiger partial charge in [0.15, 0.2) is 5.13 Å². The number of rotatable bonds is 4. The van der Waals surface area contributed by atoms with Crippen LogP contribution in [0.4, 0.5) is 5.13 Å². The van der Waals surface area contributed by atoms with Crippen molar-refractivity contribution >= 4 is 48.3 Å². The van der Waals surface area contributed by atoms with Crippen LogP contribution in [0, 0.1) is 6.92 Å². The number of anilines is 1. The van der Waals surface area contributed by atoms with E-state index in [0.29, 0.717) is 23.7 Å². The summed E-state index contributed by atoms with van der Waals surface area (Å²) in [5, 5.41) is 3.31. The number of carbonyl (C=O) groups excluding carboxylic acids is 1. The third kappa shape index (κ3) is 4.13. The van der Waals surface area contributed by atoms with Gasteiger partial charge < -0.3 is 0 Å². The van der Waals surface area contributed by atoms with Crippen LogP contribution in [-0.4, -0.2) is 30.2 Å². The molecule has 1 aliphatic heterocycles. The molecule has 0 saturated carbocycles. The number of carbonyl (C=O) groups is 1. The molecule has 0 bridgehead atoms. The maximum absolute atomic E-state index is 12.9. The fourth-order valence-corrected chi connectivity index (χ4v) is 5.98. The van der Waals surface area contributed by atoms with Crippen molar-refractivity contribution in [2.45, 2.75) is 24.8 Å². The highest BCUT2D eigenvalue weighted by molar-refractivity contribution is 9.10. The van der Waals surface area contributed by atoms with Gasteiger partial charge in [0.25, 0.3) is 5.91 Å². The first kappa shape index (κ1) is 20.2. The Labute approximate surface area is 181 Å². The standard InChI is InChI=1S/C20H18BrN3O3S2/c1-13-7-8-14(11-16(13)21)19(25)23-20-22-17-9-10-24(12-18(17)28-20)29(26,27)15-5-3-2-4-6-15/h2-8,11H,9-10,12H2,1H3,(H,22,23,25). The molecule has 1 amide bonds. The highest BCUT2D eigenvalue weighted by Gasteiger charge is 2.30. The minimum Gasteiger partial charge on any atom is -0.298 e. The quantitative estimate of drug-likeness (QED) is 0.592. The fraction of sp³-hybridized carbons (Fsp3) is 0.200. The number of aromatic nitrogens is 1. The Hall–Kier alpha value is -2.07. The Morgan fingerprint density at radius 3 is 2.69 bits per heavy atom. The Kier molecular flexibility index (Phi) is 5.56. The Morgan fingerprint density at radius 2 is 1.97 bits per heavy atom. The van der Waals surface area contributed by atoms with E-state index >= 15 is 0 Å². The topological polar surface area (TPSA) is 79.4 Å². The molecule has 0 aliphatic carbocycles. The second-order valence-corrected chi connectivity index (χ2v) is 10.6. The number of sulfonamides is 1. The monoisotopic (exact) mass is 491 g/mol. The van der Waals surface area contributed by atoms with E-state index in [1.807, 2.05) is 13.0 Å². The molecule has 0 saturated heterocycles. The number of thiazole rings is 1. The molecular formula is C20H18BrN3O3S2. The lowest BCUT2D eigenvalue weighted by Gasteiger charge is -2.25. The number of aryl methyl sites for hydroxylation is 1. The first-order chi connectivity index (χ1) is 13.8. The maximum atomic E-state index is 12.9. The van der Waals surface area contributed by atoms with Crippen molar-refractivity contribution < 1.29 is 13.2 Å².